The maximum atomic E-state index is 11.0. The molecular formula is C12H14ClN3O3. The van der Waals surface area contributed by atoms with E-state index in [0.29, 0.717) is 30.1 Å². The van der Waals surface area contributed by atoms with E-state index in [9.17, 15) is 14.9 Å². The molecular weight excluding hydrogens is 270 g/mol. The lowest BCUT2D eigenvalue weighted by Crippen LogP contribution is -2.35. The van der Waals surface area contributed by atoms with Crippen molar-refractivity contribution in [3.63, 3.8) is 0 Å². The topological polar surface area (TPSA) is 84.3 Å². The summed E-state index contributed by atoms with van der Waals surface area (Å²) in [5, 5.41) is 17.2. The molecule has 1 aliphatic heterocycles. The third-order valence-corrected chi connectivity index (χ3v) is 3.42. The highest BCUT2D eigenvalue weighted by molar-refractivity contribution is 6.31. The fraction of sp³-hybridized carbons (Fsp3) is 0.417. The molecule has 1 amide bonds. The van der Waals surface area contributed by atoms with Gasteiger partial charge < -0.3 is 10.6 Å². The van der Waals surface area contributed by atoms with Gasteiger partial charge in [0.2, 0.25) is 5.91 Å². The average molecular weight is 284 g/mol. The van der Waals surface area contributed by atoms with Gasteiger partial charge >= 0.3 is 0 Å². The third-order valence-electron chi connectivity index (χ3n) is 3.07. The minimum atomic E-state index is -0.444. The Balaban J connectivity index is 1.95. The fourth-order valence-electron chi connectivity index (χ4n) is 2.10. The molecule has 1 atom stereocenters. The van der Waals surface area contributed by atoms with Crippen molar-refractivity contribution in [3.05, 3.63) is 38.9 Å². The van der Waals surface area contributed by atoms with E-state index in [0.717, 1.165) is 6.42 Å². The number of nitrogens with zero attached hydrogens (tertiary/aromatic N) is 1. The first-order valence-corrected chi connectivity index (χ1v) is 6.37. The first-order chi connectivity index (χ1) is 9.08. The number of nitro groups is 1. The van der Waals surface area contributed by atoms with Crippen molar-refractivity contribution in [1.29, 1.82) is 0 Å². The molecule has 1 aromatic rings. The number of rotatable bonds is 5. The van der Waals surface area contributed by atoms with E-state index < -0.39 is 4.92 Å². The summed E-state index contributed by atoms with van der Waals surface area (Å²) in [6.07, 6.45) is 1.33. The van der Waals surface area contributed by atoms with Crippen molar-refractivity contribution in [2.45, 2.75) is 25.4 Å². The second-order valence-corrected chi connectivity index (χ2v) is 4.84. The minimum Gasteiger partial charge on any atom is -0.352 e. The van der Waals surface area contributed by atoms with E-state index in [1.54, 1.807) is 12.1 Å². The molecule has 0 bridgehead atoms. The predicted octanol–water partition coefficient (Wildman–Crippen LogP) is 1.62. The van der Waals surface area contributed by atoms with Gasteiger partial charge in [-0.25, -0.2) is 0 Å². The maximum absolute atomic E-state index is 11.0. The summed E-state index contributed by atoms with van der Waals surface area (Å²) in [4.78, 5) is 21.5. The fourth-order valence-corrected chi connectivity index (χ4v) is 2.33. The standard InChI is InChI=1S/C12H14ClN3O3/c13-10-2-1-3-11(16(18)19)9(10)7-14-6-8-4-5-12(17)15-8/h1-3,8,14H,4-7H2,(H,15,17). The highest BCUT2D eigenvalue weighted by Crippen LogP contribution is 2.25. The Morgan fingerprint density at radius 1 is 1.53 bits per heavy atom. The maximum Gasteiger partial charge on any atom is 0.275 e. The molecule has 0 spiro atoms. The normalized spacial score (nSPS) is 18.4. The van der Waals surface area contributed by atoms with E-state index in [2.05, 4.69) is 10.6 Å². The quantitative estimate of drug-likeness (QED) is 0.635. The zero-order valence-electron chi connectivity index (χ0n) is 10.2. The van der Waals surface area contributed by atoms with Gasteiger partial charge in [0.25, 0.3) is 5.69 Å². The molecule has 102 valence electrons. The molecule has 6 nitrogen and oxygen atoms in total. The van der Waals surface area contributed by atoms with Gasteiger partial charge in [0, 0.05) is 31.6 Å². The molecule has 1 unspecified atom stereocenters. The summed E-state index contributed by atoms with van der Waals surface area (Å²) in [7, 11) is 0. The van der Waals surface area contributed by atoms with Gasteiger partial charge in [-0.1, -0.05) is 17.7 Å². The van der Waals surface area contributed by atoms with Crippen LogP contribution in [-0.4, -0.2) is 23.4 Å². The molecule has 1 aliphatic rings. The molecule has 1 saturated heterocycles. The Hall–Kier alpha value is -1.66. The monoisotopic (exact) mass is 283 g/mol. The lowest BCUT2D eigenvalue weighted by Gasteiger charge is -2.12. The second kappa shape index (κ2) is 5.99. The Labute approximate surface area is 115 Å². The van der Waals surface area contributed by atoms with E-state index in [1.807, 2.05) is 0 Å². The van der Waals surface area contributed by atoms with Crippen molar-refractivity contribution in [3.8, 4) is 0 Å². The van der Waals surface area contributed by atoms with Gasteiger partial charge in [-0.15, -0.1) is 0 Å². The summed E-state index contributed by atoms with van der Waals surface area (Å²) in [6, 6.07) is 4.71. The molecule has 0 saturated carbocycles. The largest absolute Gasteiger partial charge is 0.352 e. The molecule has 1 aromatic carbocycles. The second-order valence-electron chi connectivity index (χ2n) is 4.43. The molecule has 7 heteroatoms. The molecule has 19 heavy (non-hydrogen) atoms. The van der Waals surface area contributed by atoms with Gasteiger partial charge in [0.15, 0.2) is 0 Å². The van der Waals surface area contributed by atoms with Crippen LogP contribution in [0.1, 0.15) is 18.4 Å². The van der Waals surface area contributed by atoms with Gasteiger partial charge in [0.05, 0.1) is 15.5 Å². The Morgan fingerprint density at radius 3 is 2.95 bits per heavy atom. The number of benzene rings is 1. The number of nitrogens with one attached hydrogen (secondary N) is 2. The minimum absolute atomic E-state index is 0.00968. The van der Waals surface area contributed by atoms with E-state index >= 15 is 0 Å². The zero-order valence-corrected chi connectivity index (χ0v) is 10.9. The van der Waals surface area contributed by atoms with Crippen molar-refractivity contribution < 1.29 is 9.72 Å². The lowest BCUT2D eigenvalue weighted by atomic mass is 10.1. The van der Waals surface area contributed by atoms with Crippen LogP contribution in [0.3, 0.4) is 0 Å². The van der Waals surface area contributed by atoms with E-state index in [4.69, 9.17) is 11.6 Å². The summed E-state index contributed by atoms with van der Waals surface area (Å²) >= 11 is 5.98. The molecule has 0 aromatic heterocycles. The number of amides is 1. The molecule has 0 aliphatic carbocycles. The Kier molecular flexibility index (Phi) is 4.34. The van der Waals surface area contributed by atoms with Crippen LogP contribution < -0.4 is 10.6 Å². The number of carbonyl (C=O) groups is 1. The van der Waals surface area contributed by atoms with Crippen LogP contribution in [0, 0.1) is 10.1 Å². The van der Waals surface area contributed by atoms with Gasteiger partial charge in [0.1, 0.15) is 0 Å². The van der Waals surface area contributed by atoms with Crippen molar-refractivity contribution in [2.75, 3.05) is 6.54 Å². The lowest BCUT2D eigenvalue weighted by molar-refractivity contribution is -0.385. The first-order valence-electron chi connectivity index (χ1n) is 6.00. The summed E-state index contributed by atoms with van der Waals surface area (Å²) in [5.41, 5.74) is 0.481. The highest BCUT2D eigenvalue weighted by atomic mass is 35.5. The van der Waals surface area contributed by atoms with Crippen LogP contribution in [0.5, 0.6) is 0 Å². The molecule has 2 N–H and O–H groups in total. The number of hydrogen-bond donors (Lipinski definition) is 2. The van der Waals surface area contributed by atoms with Crippen LogP contribution in [-0.2, 0) is 11.3 Å². The van der Waals surface area contributed by atoms with Crippen molar-refractivity contribution in [2.24, 2.45) is 0 Å². The number of halogens is 1. The van der Waals surface area contributed by atoms with Crippen molar-refractivity contribution in [1.82, 2.24) is 10.6 Å². The number of carbonyl (C=O) groups excluding carboxylic acids is 1. The first kappa shape index (κ1) is 13.8. The SMILES string of the molecule is O=C1CCC(CNCc2c(Cl)cccc2[N+](=O)[O-])N1. The Morgan fingerprint density at radius 2 is 2.32 bits per heavy atom. The zero-order chi connectivity index (χ0) is 13.8. The predicted molar refractivity (Wildman–Crippen MR) is 71.0 cm³/mol. The number of nitro benzene ring substituents is 1. The molecule has 1 heterocycles. The average Bonchev–Trinajstić information content (AvgIpc) is 2.77. The molecule has 2 rings (SSSR count). The van der Waals surface area contributed by atoms with Crippen LogP contribution in [0.2, 0.25) is 5.02 Å². The van der Waals surface area contributed by atoms with Crippen LogP contribution in [0.4, 0.5) is 5.69 Å². The third kappa shape index (κ3) is 3.42. The summed E-state index contributed by atoms with van der Waals surface area (Å²) < 4.78 is 0. The van der Waals surface area contributed by atoms with E-state index in [-0.39, 0.29) is 17.6 Å². The highest BCUT2D eigenvalue weighted by Gasteiger charge is 2.21. The smallest absolute Gasteiger partial charge is 0.275 e. The van der Waals surface area contributed by atoms with Crippen LogP contribution >= 0.6 is 11.6 Å². The molecule has 1 fully saturated rings. The summed E-state index contributed by atoms with van der Waals surface area (Å²) in [6.45, 7) is 0.885. The van der Waals surface area contributed by atoms with E-state index in [1.165, 1.54) is 6.07 Å². The van der Waals surface area contributed by atoms with Gasteiger partial charge in [-0.05, 0) is 12.5 Å². The Bertz CT molecular complexity index is 507. The van der Waals surface area contributed by atoms with Gasteiger partial charge in [-0.3, -0.25) is 14.9 Å². The molecule has 0 radical (unpaired) electrons. The summed E-state index contributed by atoms with van der Waals surface area (Å²) in [5.74, 6) is 0.0514. The van der Waals surface area contributed by atoms with Crippen LogP contribution in [0.25, 0.3) is 0 Å². The van der Waals surface area contributed by atoms with Crippen molar-refractivity contribution >= 4 is 23.2 Å². The van der Waals surface area contributed by atoms with Gasteiger partial charge in [-0.2, -0.15) is 0 Å². The number of hydrogen-bond acceptors (Lipinski definition) is 4. The van der Waals surface area contributed by atoms with Crippen LogP contribution in [0.15, 0.2) is 18.2 Å².